The van der Waals surface area contributed by atoms with Crippen LogP contribution in [0.5, 0.6) is 0 Å². The monoisotopic (exact) mass is 255 g/mol. The van der Waals surface area contributed by atoms with Crippen molar-refractivity contribution in [1.29, 1.82) is 0 Å². The van der Waals surface area contributed by atoms with E-state index in [0.717, 1.165) is 12.1 Å². The van der Waals surface area contributed by atoms with Gasteiger partial charge in [0.2, 0.25) is 0 Å². The standard InChI is InChI=1S/C18H25N/c1-6-16(12-13(2)3)11-10-15(5)18-14(4)8-7-9-17(18)19/h6-10,12H,11,19H2,1-5H3/b15-10-,16-6-. The average molecular weight is 255 g/mol. The predicted molar refractivity (Wildman–Crippen MR) is 87.0 cm³/mol. The Bertz CT molecular complexity index is 506. The van der Waals surface area contributed by atoms with Crippen LogP contribution in [0.15, 0.2) is 47.6 Å². The summed E-state index contributed by atoms with van der Waals surface area (Å²) in [4.78, 5) is 0. The maximum atomic E-state index is 6.07. The third kappa shape index (κ3) is 4.44. The third-order valence-corrected chi connectivity index (χ3v) is 3.19. The van der Waals surface area contributed by atoms with E-state index in [-0.39, 0.29) is 0 Å². The van der Waals surface area contributed by atoms with Gasteiger partial charge < -0.3 is 5.73 Å². The Kier molecular flexibility index (Phi) is 5.62. The van der Waals surface area contributed by atoms with Gasteiger partial charge in [0, 0.05) is 11.3 Å². The number of hydrogen-bond donors (Lipinski definition) is 1. The summed E-state index contributed by atoms with van der Waals surface area (Å²) in [5, 5.41) is 0. The molecule has 0 aliphatic carbocycles. The Morgan fingerprint density at radius 3 is 2.42 bits per heavy atom. The highest BCUT2D eigenvalue weighted by Crippen LogP contribution is 2.26. The molecule has 0 aliphatic rings. The molecule has 0 saturated heterocycles. The van der Waals surface area contributed by atoms with Crippen LogP contribution in [0, 0.1) is 6.92 Å². The SMILES string of the molecule is C/C=C(\C=C(C)C)C/C=C(/C)c1c(C)cccc1N. The zero-order chi connectivity index (χ0) is 14.4. The second-order valence-electron chi connectivity index (χ2n) is 5.22. The summed E-state index contributed by atoms with van der Waals surface area (Å²) >= 11 is 0. The molecular formula is C18H25N. The van der Waals surface area contributed by atoms with E-state index in [2.05, 4.69) is 58.9 Å². The van der Waals surface area contributed by atoms with Crippen molar-refractivity contribution in [3.8, 4) is 0 Å². The fourth-order valence-electron chi connectivity index (χ4n) is 2.23. The van der Waals surface area contributed by atoms with Crippen LogP contribution in [0.1, 0.15) is 45.2 Å². The Hall–Kier alpha value is -1.76. The first-order chi connectivity index (χ1) is 8.95. The summed E-state index contributed by atoms with van der Waals surface area (Å²) in [5.41, 5.74) is 13.3. The molecule has 0 spiro atoms. The lowest BCUT2D eigenvalue weighted by Crippen LogP contribution is -1.95. The van der Waals surface area contributed by atoms with Crippen molar-refractivity contribution >= 4 is 11.3 Å². The summed E-state index contributed by atoms with van der Waals surface area (Å²) in [6.07, 6.45) is 7.59. The first-order valence-electron chi connectivity index (χ1n) is 6.78. The van der Waals surface area contributed by atoms with Crippen LogP contribution in [0.4, 0.5) is 5.69 Å². The minimum atomic E-state index is 0.859. The van der Waals surface area contributed by atoms with Gasteiger partial charge in [-0.3, -0.25) is 0 Å². The van der Waals surface area contributed by atoms with Gasteiger partial charge in [0.1, 0.15) is 0 Å². The summed E-state index contributed by atoms with van der Waals surface area (Å²) < 4.78 is 0. The number of nitrogen functional groups attached to an aromatic ring is 1. The van der Waals surface area contributed by atoms with Crippen molar-refractivity contribution in [3.63, 3.8) is 0 Å². The fraction of sp³-hybridized carbons (Fsp3) is 0.333. The molecule has 102 valence electrons. The van der Waals surface area contributed by atoms with E-state index in [1.165, 1.54) is 27.8 Å². The molecule has 0 fully saturated rings. The zero-order valence-electron chi connectivity index (χ0n) is 12.7. The lowest BCUT2D eigenvalue weighted by Gasteiger charge is -2.10. The van der Waals surface area contributed by atoms with Crippen molar-refractivity contribution in [2.45, 2.75) is 41.0 Å². The van der Waals surface area contributed by atoms with Crippen LogP contribution < -0.4 is 5.73 Å². The van der Waals surface area contributed by atoms with Gasteiger partial charge in [-0.2, -0.15) is 0 Å². The molecule has 2 N–H and O–H groups in total. The Morgan fingerprint density at radius 1 is 1.21 bits per heavy atom. The van der Waals surface area contributed by atoms with E-state index in [9.17, 15) is 0 Å². The molecule has 0 heterocycles. The molecule has 0 aliphatic heterocycles. The molecule has 0 radical (unpaired) electrons. The minimum absolute atomic E-state index is 0.859. The van der Waals surface area contributed by atoms with Gasteiger partial charge in [0.15, 0.2) is 0 Å². The molecule has 1 heteroatoms. The first kappa shape index (κ1) is 15.3. The smallest absolute Gasteiger partial charge is 0.0392 e. The van der Waals surface area contributed by atoms with Crippen molar-refractivity contribution in [3.05, 3.63) is 58.7 Å². The van der Waals surface area contributed by atoms with E-state index in [1.54, 1.807) is 0 Å². The van der Waals surface area contributed by atoms with E-state index in [0.29, 0.717) is 0 Å². The van der Waals surface area contributed by atoms with Gasteiger partial charge in [-0.25, -0.2) is 0 Å². The molecule has 0 aromatic heterocycles. The van der Waals surface area contributed by atoms with Gasteiger partial charge >= 0.3 is 0 Å². The highest BCUT2D eigenvalue weighted by atomic mass is 14.6. The number of rotatable bonds is 4. The van der Waals surface area contributed by atoms with Crippen LogP contribution in [-0.2, 0) is 0 Å². The highest BCUT2D eigenvalue weighted by Gasteiger charge is 2.04. The number of anilines is 1. The molecule has 0 atom stereocenters. The minimum Gasteiger partial charge on any atom is -0.398 e. The van der Waals surface area contributed by atoms with E-state index in [1.807, 2.05) is 12.1 Å². The maximum Gasteiger partial charge on any atom is 0.0392 e. The second kappa shape index (κ2) is 6.98. The molecule has 0 saturated carbocycles. The normalized spacial score (nSPS) is 12.5. The fourth-order valence-corrected chi connectivity index (χ4v) is 2.23. The van der Waals surface area contributed by atoms with Crippen molar-refractivity contribution in [1.82, 2.24) is 0 Å². The van der Waals surface area contributed by atoms with Gasteiger partial charge in [-0.1, -0.05) is 35.9 Å². The topological polar surface area (TPSA) is 26.0 Å². The van der Waals surface area contributed by atoms with Crippen LogP contribution in [-0.4, -0.2) is 0 Å². The summed E-state index contributed by atoms with van der Waals surface area (Å²) in [5.74, 6) is 0. The van der Waals surface area contributed by atoms with Gasteiger partial charge in [0.05, 0.1) is 0 Å². The van der Waals surface area contributed by atoms with E-state index >= 15 is 0 Å². The summed E-state index contributed by atoms with van der Waals surface area (Å²) in [6.45, 7) is 10.6. The number of benzene rings is 1. The third-order valence-electron chi connectivity index (χ3n) is 3.19. The van der Waals surface area contributed by atoms with E-state index in [4.69, 9.17) is 5.73 Å². The maximum absolute atomic E-state index is 6.07. The van der Waals surface area contributed by atoms with Gasteiger partial charge in [-0.15, -0.1) is 0 Å². The van der Waals surface area contributed by atoms with Crippen molar-refractivity contribution < 1.29 is 0 Å². The van der Waals surface area contributed by atoms with Crippen LogP contribution in [0.25, 0.3) is 5.57 Å². The largest absolute Gasteiger partial charge is 0.398 e. The summed E-state index contributed by atoms with van der Waals surface area (Å²) in [7, 11) is 0. The molecule has 0 bridgehead atoms. The number of hydrogen-bond acceptors (Lipinski definition) is 1. The highest BCUT2D eigenvalue weighted by molar-refractivity contribution is 5.76. The Morgan fingerprint density at radius 2 is 1.89 bits per heavy atom. The molecule has 1 rings (SSSR count). The van der Waals surface area contributed by atoms with Crippen molar-refractivity contribution in [2.75, 3.05) is 5.73 Å². The molecule has 19 heavy (non-hydrogen) atoms. The lowest BCUT2D eigenvalue weighted by atomic mass is 9.97. The molecule has 1 nitrogen and oxygen atoms in total. The number of nitrogens with two attached hydrogens (primary N) is 1. The molecule has 0 unspecified atom stereocenters. The van der Waals surface area contributed by atoms with Gasteiger partial charge in [0.25, 0.3) is 0 Å². The zero-order valence-corrected chi connectivity index (χ0v) is 12.7. The average Bonchev–Trinajstić information content (AvgIpc) is 2.33. The lowest BCUT2D eigenvalue weighted by molar-refractivity contribution is 1.23. The Balaban J connectivity index is 2.98. The molecule has 1 aromatic carbocycles. The van der Waals surface area contributed by atoms with Crippen molar-refractivity contribution in [2.24, 2.45) is 0 Å². The van der Waals surface area contributed by atoms with E-state index < -0.39 is 0 Å². The van der Waals surface area contributed by atoms with Crippen LogP contribution >= 0.6 is 0 Å². The summed E-state index contributed by atoms with van der Waals surface area (Å²) in [6, 6.07) is 6.07. The quantitative estimate of drug-likeness (QED) is 0.574. The molecule has 1 aromatic rings. The predicted octanol–water partition coefficient (Wildman–Crippen LogP) is 5.28. The number of allylic oxidation sites excluding steroid dienone is 6. The second-order valence-corrected chi connectivity index (χ2v) is 5.22. The van der Waals surface area contributed by atoms with Crippen LogP contribution in [0.3, 0.4) is 0 Å². The molecule has 0 amide bonds. The molecular weight excluding hydrogens is 230 g/mol. The van der Waals surface area contributed by atoms with Gasteiger partial charge in [-0.05, 0) is 63.8 Å². The van der Waals surface area contributed by atoms with Crippen LogP contribution in [0.2, 0.25) is 0 Å². The Labute approximate surface area is 117 Å². The first-order valence-corrected chi connectivity index (χ1v) is 6.78. The number of aryl methyl sites for hydroxylation is 1.